The molecule has 0 spiro atoms. The molecule has 0 bridgehead atoms. The van der Waals surface area contributed by atoms with Crippen molar-refractivity contribution in [2.24, 2.45) is 18.7 Å². The predicted molar refractivity (Wildman–Crippen MR) is 76.8 cm³/mol. The second-order valence-electron chi connectivity index (χ2n) is 5.39. The van der Waals surface area contributed by atoms with Crippen molar-refractivity contribution in [1.29, 1.82) is 0 Å². The van der Waals surface area contributed by atoms with Crippen LogP contribution >= 0.6 is 12.4 Å². The highest BCUT2D eigenvalue weighted by Gasteiger charge is 2.22. The number of nitrogens with two attached hydrogens (primary N) is 1. The molecule has 2 N–H and O–H groups in total. The average molecular weight is 273 g/mol. The van der Waals surface area contributed by atoms with Gasteiger partial charge in [0, 0.05) is 31.4 Å². The Labute approximate surface area is 116 Å². The van der Waals surface area contributed by atoms with E-state index in [2.05, 4.69) is 30.0 Å². The first-order chi connectivity index (χ1) is 8.06. The van der Waals surface area contributed by atoms with E-state index in [1.54, 1.807) is 0 Å². The molecule has 0 amide bonds. The van der Waals surface area contributed by atoms with Crippen molar-refractivity contribution in [2.75, 3.05) is 13.1 Å². The third-order valence-electron chi connectivity index (χ3n) is 3.88. The van der Waals surface area contributed by atoms with Crippen molar-refractivity contribution in [3.05, 3.63) is 17.5 Å². The number of likely N-dealkylation sites (tertiary alicyclic amines) is 1. The molecule has 0 radical (unpaired) electrons. The lowest BCUT2D eigenvalue weighted by atomic mass is 9.91. The van der Waals surface area contributed by atoms with Crippen molar-refractivity contribution in [3.8, 4) is 0 Å². The second-order valence-corrected chi connectivity index (χ2v) is 5.39. The average Bonchev–Trinajstić information content (AvgIpc) is 2.58. The van der Waals surface area contributed by atoms with Gasteiger partial charge < -0.3 is 5.73 Å². The number of rotatable bonds is 3. The summed E-state index contributed by atoms with van der Waals surface area (Å²) in [7, 11) is 1.98. The minimum absolute atomic E-state index is 0. The van der Waals surface area contributed by atoms with Gasteiger partial charge in [-0.1, -0.05) is 0 Å². The highest BCUT2D eigenvalue weighted by molar-refractivity contribution is 5.85. The Balaban J connectivity index is 0.00000162. The van der Waals surface area contributed by atoms with Gasteiger partial charge in [-0.15, -0.1) is 12.4 Å². The Morgan fingerprint density at radius 1 is 1.44 bits per heavy atom. The van der Waals surface area contributed by atoms with E-state index in [0.29, 0.717) is 12.0 Å². The molecule has 1 aliphatic rings. The van der Waals surface area contributed by atoms with E-state index in [4.69, 9.17) is 5.73 Å². The monoisotopic (exact) mass is 272 g/mol. The predicted octanol–water partition coefficient (Wildman–Crippen LogP) is 1.71. The summed E-state index contributed by atoms with van der Waals surface area (Å²) in [6.45, 7) is 7.59. The lowest BCUT2D eigenvalue weighted by molar-refractivity contribution is 0.165. The molecule has 1 saturated heterocycles. The van der Waals surface area contributed by atoms with Crippen LogP contribution in [0.5, 0.6) is 0 Å². The zero-order valence-corrected chi connectivity index (χ0v) is 12.4. The van der Waals surface area contributed by atoms with Crippen LogP contribution in [0.1, 0.15) is 31.0 Å². The topological polar surface area (TPSA) is 47.1 Å². The Morgan fingerprint density at radius 3 is 2.50 bits per heavy atom. The molecular formula is C13H25ClN4. The number of aryl methyl sites for hydroxylation is 2. The van der Waals surface area contributed by atoms with Gasteiger partial charge in [0.05, 0.1) is 5.69 Å². The SMILES string of the molecule is Cc1nn(C)cc1CN1CCC(C(C)N)CC1.Cl. The molecule has 1 aliphatic heterocycles. The van der Waals surface area contributed by atoms with E-state index in [-0.39, 0.29) is 12.4 Å². The highest BCUT2D eigenvalue weighted by Crippen LogP contribution is 2.21. The van der Waals surface area contributed by atoms with Gasteiger partial charge in [-0.3, -0.25) is 9.58 Å². The van der Waals surface area contributed by atoms with Gasteiger partial charge in [-0.25, -0.2) is 0 Å². The van der Waals surface area contributed by atoms with Crippen LogP contribution in [-0.4, -0.2) is 33.8 Å². The van der Waals surface area contributed by atoms with Gasteiger partial charge in [0.25, 0.3) is 0 Å². The van der Waals surface area contributed by atoms with Crippen molar-refractivity contribution in [3.63, 3.8) is 0 Å². The number of nitrogens with zero attached hydrogens (tertiary/aromatic N) is 3. The second kappa shape index (κ2) is 6.55. The maximum atomic E-state index is 5.96. The first kappa shape index (κ1) is 15.5. The zero-order chi connectivity index (χ0) is 12.4. The number of halogens is 1. The molecule has 1 unspecified atom stereocenters. The number of aromatic nitrogens is 2. The molecule has 2 rings (SSSR count). The number of hydrogen-bond acceptors (Lipinski definition) is 3. The van der Waals surface area contributed by atoms with E-state index in [1.807, 2.05) is 11.7 Å². The van der Waals surface area contributed by atoms with Gasteiger partial charge in [0.1, 0.15) is 0 Å². The molecule has 1 atom stereocenters. The molecule has 1 aromatic heterocycles. The Kier molecular flexibility index (Phi) is 5.63. The summed E-state index contributed by atoms with van der Waals surface area (Å²) in [5, 5.41) is 4.39. The summed E-state index contributed by atoms with van der Waals surface area (Å²) < 4.78 is 1.90. The lowest BCUT2D eigenvalue weighted by Crippen LogP contribution is -2.39. The zero-order valence-electron chi connectivity index (χ0n) is 11.6. The molecule has 1 aromatic rings. The van der Waals surface area contributed by atoms with Crippen molar-refractivity contribution in [1.82, 2.24) is 14.7 Å². The quantitative estimate of drug-likeness (QED) is 0.911. The maximum absolute atomic E-state index is 5.96. The molecule has 0 aromatic carbocycles. The van der Waals surface area contributed by atoms with Crippen LogP contribution in [0.4, 0.5) is 0 Å². The molecule has 5 heteroatoms. The first-order valence-corrected chi connectivity index (χ1v) is 6.53. The Hall–Kier alpha value is -0.580. The summed E-state index contributed by atoms with van der Waals surface area (Å²) in [5.74, 6) is 0.709. The van der Waals surface area contributed by atoms with Crippen LogP contribution in [0.25, 0.3) is 0 Å². The third kappa shape index (κ3) is 3.70. The van der Waals surface area contributed by atoms with Crippen molar-refractivity contribution >= 4 is 12.4 Å². The highest BCUT2D eigenvalue weighted by atomic mass is 35.5. The van der Waals surface area contributed by atoms with E-state index in [0.717, 1.165) is 12.2 Å². The smallest absolute Gasteiger partial charge is 0.0638 e. The summed E-state index contributed by atoms with van der Waals surface area (Å²) in [4.78, 5) is 2.52. The van der Waals surface area contributed by atoms with Gasteiger partial charge in [-0.05, 0) is 45.7 Å². The molecule has 18 heavy (non-hydrogen) atoms. The Morgan fingerprint density at radius 2 is 2.06 bits per heavy atom. The van der Waals surface area contributed by atoms with Crippen LogP contribution < -0.4 is 5.73 Å². The summed E-state index contributed by atoms with van der Waals surface area (Å²) in [5.41, 5.74) is 8.47. The van der Waals surface area contributed by atoms with Gasteiger partial charge >= 0.3 is 0 Å². The van der Waals surface area contributed by atoms with Gasteiger partial charge in [-0.2, -0.15) is 5.10 Å². The van der Waals surface area contributed by atoms with Crippen LogP contribution in [0, 0.1) is 12.8 Å². The van der Waals surface area contributed by atoms with E-state index < -0.39 is 0 Å². The summed E-state index contributed by atoms with van der Waals surface area (Å²) in [6.07, 6.45) is 4.60. The fourth-order valence-corrected chi connectivity index (χ4v) is 2.68. The van der Waals surface area contributed by atoms with Crippen molar-refractivity contribution < 1.29 is 0 Å². The molecule has 2 heterocycles. The summed E-state index contributed by atoms with van der Waals surface area (Å²) in [6, 6.07) is 0.345. The summed E-state index contributed by atoms with van der Waals surface area (Å²) >= 11 is 0. The molecule has 4 nitrogen and oxygen atoms in total. The number of piperidine rings is 1. The fraction of sp³-hybridized carbons (Fsp3) is 0.769. The standard InChI is InChI=1S/C13H24N4.ClH/c1-10(14)12-4-6-17(7-5-12)9-13-8-16(3)15-11(13)2;/h8,10,12H,4-7,9,14H2,1-3H3;1H. The normalized spacial score (nSPS) is 19.6. The molecule has 1 fully saturated rings. The van der Waals surface area contributed by atoms with Gasteiger partial charge in [0.15, 0.2) is 0 Å². The van der Waals surface area contributed by atoms with Gasteiger partial charge in [0.2, 0.25) is 0 Å². The molecular weight excluding hydrogens is 248 g/mol. The minimum atomic E-state index is 0. The van der Waals surface area contributed by atoms with E-state index in [9.17, 15) is 0 Å². The van der Waals surface area contributed by atoms with Crippen molar-refractivity contribution in [2.45, 2.75) is 39.3 Å². The number of hydrogen-bond donors (Lipinski definition) is 1. The Bertz CT molecular complexity index is 367. The first-order valence-electron chi connectivity index (χ1n) is 6.53. The third-order valence-corrected chi connectivity index (χ3v) is 3.88. The van der Waals surface area contributed by atoms with Crippen LogP contribution in [0.2, 0.25) is 0 Å². The fourth-order valence-electron chi connectivity index (χ4n) is 2.68. The molecule has 0 saturated carbocycles. The lowest BCUT2D eigenvalue weighted by Gasteiger charge is -2.33. The van der Waals surface area contributed by atoms with Crippen LogP contribution in [-0.2, 0) is 13.6 Å². The maximum Gasteiger partial charge on any atom is 0.0638 e. The minimum Gasteiger partial charge on any atom is -0.328 e. The molecule has 0 aliphatic carbocycles. The largest absolute Gasteiger partial charge is 0.328 e. The van der Waals surface area contributed by atoms with Crippen LogP contribution in [0.15, 0.2) is 6.20 Å². The van der Waals surface area contributed by atoms with E-state index >= 15 is 0 Å². The van der Waals surface area contributed by atoms with Crippen LogP contribution in [0.3, 0.4) is 0 Å². The van der Waals surface area contributed by atoms with E-state index in [1.165, 1.54) is 31.5 Å². The molecule has 104 valence electrons.